The number of hydrogen-bond donors (Lipinski definition) is 0. The first-order valence-corrected chi connectivity index (χ1v) is 7.95. The summed E-state index contributed by atoms with van der Waals surface area (Å²) < 4.78 is 25.3. The smallest absolute Gasteiger partial charge is 0.166 e. The maximum Gasteiger partial charge on any atom is 0.166 e. The standard InChI is InChI=1S/C13H14N2O3S/c16-9-11-3-1-5-13-14-10(8-15(11)13)7-12-4-2-6-19(12,17)18/h1,3,5,8-9,12H,2,4,6-7H2. The molecule has 1 aliphatic rings. The summed E-state index contributed by atoms with van der Waals surface area (Å²) in [5.74, 6) is 0.282. The lowest BCUT2D eigenvalue weighted by Crippen LogP contribution is -2.18. The van der Waals surface area contributed by atoms with Gasteiger partial charge in [-0.1, -0.05) is 6.07 Å². The van der Waals surface area contributed by atoms with Gasteiger partial charge in [0.15, 0.2) is 16.1 Å². The van der Waals surface area contributed by atoms with Crippen molar-refractivity contribution in [3.8, 4) is 0 Å². The summed E-state index contributed by atoms with van der Waals surface area (Å²) in [6.45, 7) is 0. The molecule has 0 saturated carbocycles. The SMILES string of the molecule is O=Cc1cccc2nc(CC3CCCS3(=O)=O)cn12. The topological polar surface area (TPSA) is 68.5 Å². The van der Waals surface area contributed by atoms with E-state index in [-0.39, 0.29) is 11.0 Å². The van der Waals surface area contributed by atoms with Crippen LogP contribution in [0, 0.1) is 0 Å². The number of sulfone groups is 1. The van der Waals surface area contributed by atoms with Crippen molar-refractivity contribution in [2.75, 3.05) is 5.75 Å². The Morgan fingerprint density at radius 2 is 2.26 bits per heavy atom. The minimum atomic E-state index is -2.96. The average Bonchev–Trinajstić information content (AvgIpc) is 2.92. The molecule has 6 heteroatoms. The van der Waals surface area contributed by atoms with Gasteiger partial charge in [0.25, 0.3) is 0 Å². The Labute approximate surface area is 111 Å². The third-order valence-electron chi connectivity index (χ3n) is 3.59. The molecule has 0 spiro atoms. The first-order chi connectivity index (χ1) is 9.10. The maximum absolute atomic E-state index is 11.8. The highest BCUT2D eigenvalue weighted by molar-refractivity contribution is 7.92. The minimum Gasteiger partial charge on any atom is -0.297 e. The minimum absolute atomic E-state index is 0.282. The van der Waals surface area contributed by atoms with E-state index in [0.717, 1.165) is 18.4 Å². The van der Waals surface area contributed by atoms with Gasteiger partial charge in [-0.25, -0.2) is 13.4 Å². The quantitative estimate of drug-likeness (QED) is 0.793. The fraction of sp³-hybridized carbons (Fsp3) is 0.385. The van der Waals surface area contributed by atoms with Gasteiger partial charge in [0.1, 0.15) is 5.65 Å². The first-order valence-electron chi connectivity index (χ1n) is 6.24. The molecule has 3 rings (SSSR count). The van der Waals surface area contributed by atoms with Crippen molar-refractivity contribution in [1.82, 2.24) is 9.38 Å². The number of hydrogen-bond acceptors (Lipinski definition) is 4. The average molecular weight is 278 g/mol. The predicted molar refractivity (Wildman–Crippen MR) is 71.1 cm³/mol. The van der Waals surface area contributed by atoms with Crippen LogP contribution in [0.5, 0.6) is 0 Å². The molecule has 2 aromatic heterocycles. The van der Waals surface area contributed by atoms with Gasteiger partial charge in [0.05, 0.1) is 22.4 Å². The number of aldehydes is 1. The predicted octanol–water partition coefficient (Wildman–Crippen LogP) is 1.27. The molecular formula is C13H14N2O3S. The molecule has 1 aliphatic heterocycles. The van der Waals surface area contributed by atoms with Crippen LogP contribution < -0.4 is 0 Å². The summed E-state index contributed by atoms with van der Waals surface area (Å²) in [4.78, 5) is 15.3. The third-order valence-corrected chi connectivity index (χ3v) is 5.87. The third kappa shape index (κ3) is 2.16. The second-order valence-electron chi connectivity index (χ2n) is 4.86. The molecule has 1 atom stereocenters. The molecule has 100 valence electrons. The van der Waals surface area contributed by atoms with Crippen LogP contribution >= 0.6 is 0 Å². The van der Waals surface area contributed by atoms with Crippen molar-refractivity contribution in [2.45, 2.75) is 24.5 Å². The summed E-state index contributed by atoms with van der Waals surface area (Å²) >= 11 is 0. The van der Waals surface area contributed by atoms with Gasteiger partial charge in [0.2, 0.25) is 0 Å². The number of pyridine rings is 1. The van der Waals surface area contributed by atoms with E-state index in [1.54, 1.807) is 28.8 Å². The Hall–Kier alpha value is -1.69. The Morgan fingerprint density at radius 1 is 1.42 bits per heavy atom. The number of carbonyl (C=O) groups excluding carboxylic acids is 1. The van der Waals surface area contributed by atoms with Gasteiger partial charge < -0.3 is 0 Å². The van der Waals surface area contributed by atoms with Crippen LogP contribution in [0.2, 0.25) is 0 Å². The van der Waals surface area contributed by atoms with Crippen molar-refractivity contribution < 1.29 is 13.2 Å². The second-order valence-corrected chi connectivity index (χ2v) is 7.26. The van der Waals surface area contributed by atoms with Crippen LogP contribution in [0.15, 0.2) is 24.4 Å². The van der Waals surface area contributed by atoms with Crippen molar-refractivity contribution >= 4 is 21.8 Å². The molecule has 5 nitrogen and oxygen atoms in total. The maximum atomic E-state index is 11.8. The fourth-order valence-electron chi connectivity index (χ4n) is 2.60. The van der Waals surface area contributed by atoms with E-state index in [1.165, 1.54) is 0 Å². The highest BCUT2D eigenvalue weighted by atomic mass is 32.2. The molecule has 1 saturated heterocycles. The molecular weight excluding hydrogens is 264 g/mol. The number of imidazole rings is 1. The number of aromatic nitrogens is 2. The Morgan fingerprint density at radius 3 is 2.95 bits per heavy atom. The van der Waals surface area contributed by atoms with Crippen LogP contribution in [0.25, 0.3) is 5.65 Å². The van der Waals surface area contributed by atoms with E-state index < -0.39 is 9.84 Å². The number of fused-ring (bicyclic) bond motifs is 1. The highest BCUT2D eigenvalue weighted by Crippen LogP contribution is 2.23. The molecule has 0 N–H and O–H groups in total. The summed E-state index contributed by atoms with van der Waals surface area (Å²) in [5.41, 5.74) is 1.92. The molecule has 1 unspecified atom stereocenters. The Balaban J connectivity index is 1.96. The van der Waals surface area contributed by atoms with Gasteiger partial charge in [0, 0.05) is 12.6 Å². The zero-order valence-electron chi connectivity index (χ0n) is 10.3. The summed E-state index contributed by atoms with van der Waals surface area (Å²) in [6.07, 6.45) is 4.40. The van der Waals surface area contributed by atoms with Crippen molar-refractivity contribution in [2.24, 2.45) is 0 Å². The van der Waals surface area contributed by atoms with E-state index in [1.807, 2.05) is 0 Å². The number of rotatable bonds is 3. The van der Waals surface area contributed by atoms with Gasteiger partial charge in [-0.15, -0.1) is 0 Å². The first kappa shape index (κ1) is 12.3. The van der Waals surface area contributed by atoms with Crippen LogP contribution in [-0.4, -0.2) is 35.1 Å². The number of carbonyl (C=O) groups is 1. The summed E-state index contributed by atoms with van der Waals surface area (Å²) in [5, 5.41) is -0.322. The van der Waals surface area contributed by atoms with Crippen molar-refractivity contribution in [3.05, 3.63) is 35.8 Å². The second kappa shape index (κ2) is 4.45. The lowest BCUT2D eigenvalue weighted by Gasteiger charge is -2.05. The van der Waals surface area contributed by atoms with E-state index in [0.29, 0.717) is 24.2 Å². The van der Waals surface area contributed by atoms with Gasteiger partial charge in [-0.3, -0.25) is 9.20 Å². The largest absolute Gasteiger partial charge is 0.297 e. The molecule has 2 aromatic rings. The van der Waals surface area contributed by atoms with E-state index in [9.17, 15) is 13.2 Å². The van der Waals surface area contributed by atoms with E-state index >= 15 is 0 Å². The normalized spacial score (nSPS) is 21.8. The molecule has 0 amide bonds. The van der Waals surface area contributed by atoms with E-state index in [4.69, 9.17) is 0 Å². The zero-order valence-corrected chi connectivity index (χ0v) is 11.1. The van der Waals surface area contributed by atoms with Crippen LogP contribution in [0.4, 0.5) is 0 Å². The highest BCUT2D eigenvalue weighted by Gasteiger charge is 2.31. The van der Waals surface area contributed by atoms with Gasteiger partial charge in [-0.2, -0.15) is 0 Å². The molecule has 19 heavy (non-hydrogen) atoms. The molecule has 0 aliphatic carbocycles. The van der Waals surface area contributed by atoms with Crippen LogP contribution in [0.3, 0.4) is 0 Å². The lowest BCUT2D eigenvalue weighted by molar-refractivity contribution is 0.111. The van der Waals surface area contributed by atoms with Gasteiger partial charge >= 0.3 is 0 Å². The Bertz CT molecular complexity index is 733. The van der Waals surface area contributed by atoms with E-state index in [2.05, 4.69) is 4.98 Å². The molecule has 0 bridgehead atoms. The van der Waals surface area contributed by atoms with Crippen LogP contribution in [-0.2, 0) is 16.3 Å². The Kier molecular flexibility index (Phi) is 2.89. The molecule has 0 aromatic carbocycles. The zero-order chi connectivity index (χ0) is 13.5. The lowest BCUT2D eigenvalue weighted by atomic mass is 10.2. The monoisotopic (exact) mass is 278 g/mol. The van der Waals surface area contributed by atoms with Crippen LogP contribution in [0.1, 0.15) is 29.0 Å². The van der Waals surface area contributed by atoms with Crippen molar-refractivity contribution in [1.29, 1.82) is 0 Å². The number of nitrogens with zero attached hydrogens (tertiary/aromatic N) is 2. The van der Waals surface area contributed by atoms with Gasteiger partial charge in [-0.05, 0) is 25.0 Å². The van der Waals surface area contributed by atoms with Crippen molar-refractivity contribution in [3.63, 3.8) is 0 Å². The summed E-state index contributed by atoms with van der Waals surface area (Å²) in [6, 6.07) is 5.28. The molecule has 0 radical (unpaired) electrons. The molecule has 3 heterocycles. The fourth-order valence-corrected chi connectivity index (χ4v) is 4.45. The summed E-state index contributed by atoms with van der Waals surface area (Å²) in [7, 11) is -2.96. The molecule has 1 fully saturated rings.